The number of nitrogens with zero attached hydrogens (tertiary/aromatic N) is 1. The molecule has 9 heteroatoms. The first kappa shape index (κ1) is 26.4. The summed E-state index contributed by atoms with van der Waals surface area (Å²) in [6.07, 6.45) is 1.72. The first-order valence-corrected chi connectivity index (χ1v) is 13.4. The maximum Gasteiger partial charge on any atom is 0.333 e. The van der Waals surface area contributed by atoms with Crippen LogP contribution in [0.4, 0.5) is 0 Å². The molecule has 0 bridgehead atoms. The summed E-state index contributed by atoms with van der Waals surface area (Å²) in [6.45, 7) is 2.18. The topological polar surface area (TPSA) is 55.8 Å². The lowest BCUT2D eigenvalue weighted by Crippen LogP contribution is -2.38. The van der Waals surface area contributed by atoms with Gasteiger partial charge in [-0.15, -0.1) is 0 Å². The van der Waals surface area contributed by atoms with Crippen LogP contribution in [0.2, 0.25) is 5.02 Å². The van der Waals surface area contributed by atoms with Gasteiger partial charge in [0.05, 0.1) is 11.5 Å². The fourth-order valence-electron chi connectivity index (χ4n) is 3.63. The molecule has 0 aromatic heterocycles. The minimum Gasteiger partial charge on any atom is -0.488 e. The van der Waals surface area contributed by atoms with E-state index in [0.29, 0.717) is 26.8 Å². The van der Waals surface area contributed by atoms with Gasteiger partial charge in [-0.05, 0) is 42.8 Å². The molecule has 0 saturated carbocycles. The van der Waals surface area contributed by atoms with E-state index in [-0.39, 0.29) is 23.4 Å². The van der Waals surface area contributed by atoms with E-state index in [1.807, 2.05) is 42.5 Å². The van der Waals surface area contributed by atoms with Gasteiger partial charge in [0.25, 0.3) is 5.91 Å². The number of ether oxygens (including phenoxy) is 2. The number of halogens is 2. The number of amides is 1. The van der Waals surface area contributed by atoms with E-state index < -0.39 is 12.0 Å². The summed E-state index contributed by atoms with van der Waals surface area (Å²) in [5.74, 6) is -0.329. The number of thioether (sulfide) groups is 1. The normalized spacial score (nSPS) is 15.3. The summed E-state index contributed by atoms with van der Waals surface area (Å²) >= 11 is 16.4. The number of thiocarbonyl (C=S) groups is 1. The van der Waals surface area contributed by atoms with E-state index in [1.165, 1.54) is 4.90 Å². The minimum absolute atomic E-state index is 0.191. The smallest absolute Gasteiger partial charge is 0.333 e. The molecule has 1 unspecified atom stereocenters. The van der Waals surface area contributed by atoms with Gasteiger partial charge in [0.2, 0.25) is 0 Å². The highest BCUT2D eigenvalue weighted by Crippen LogP contribution is 2.40. The fourth-order valence-corrected chi connectivity index (χ4v) is 5.50. The Bertz CT molecular complexity index is 1330. The molecular formula is C27H21BrClNO4S2. The van der Waals surface area contributed by atoms with Crippen molar-refractivity contribution < 1.29 is 19.1 Å². The van der Waals surface area contributed by atoms with Gasteiger partial charge >= 0.3 is 5.97 Å². The van der Waals surface area contributed by atoms with Crippen LogP contribution in [0.25, 0.3) is 6.08 Å². The lowest BCUT2D eigenvalue weighted by Gasteiger charge is -2.25. The number of hydrogen-bond acceptors (Lipinski definition) is 6. The van der Waals surface area contributed by atoms with E-state index >= 15 is 0 Å². The predicted molar refractivity (Wildman–Crippen MR) is 151 cm³/mol. The summed E-state index contributed by atoms with van der Waals surface area (Å²) in [7, 11) is 0. The fraction of sp³-hybridized carbons (Fsp3) is 0.148. The number of esters is 1. The first-order valence-electron chi connectivity index (χ1n) is 11.0. The summed E-state index contributed by atoms with van der Waals surface area (Å²) in [5, 5.41) is 0.614. The molecule has 1 aliphatic heterocycles. The molecule has 0 spiro atoms. The van der Waals surface area contributed by atoms with E-state index in [0.717, 1.165) is 21.8 Å². The maximum atomic E-state index is 13.5. The Morgan fingerprint density at radius 3 is 2.58 bits per heavy atom. The lowest BCUT2D eigenvalue weighted by atomic mass is 10.1. The maximum absolute atomic E-state index is 13.5. The molecule has 3 aromatic carbocycles. The molecule has 0 N–H and O–H groups in total. The Morgan fingerprint density at radius 1 is 1.14 bits per heavy atom. The van der Waals surface area contributed by atoms with Gasteiger partial charge in [-0.1, -0.05) is 100 Å². The lowest BCUT2D eigenvalue weighted by molar-refractivity contribution is -0.151. The van der Waals surface area contributed by atoms with Crippen molar-refractivity contribution in [2.24, 2.45) is 0 Å². The zero-order valence-electron chi connectivity index (χ0n) is 19.1. The third kappa shape index (κ3) is 6.00. The zero-order chi connectivity index (χ0) is 25.7. The third-order valence-corrected chi connectivity index (χ3v) is 7.50. The molecule has 1 aliphatic rings. The Labute approximate surface area is 232 Å². The minimum atomic E-state index is -0.969. The summed E-state index contributed by atoms with van der Waals surface area (Å²) in [5.41, 5.74) is 2.16. The van der Waals surface area contributed by atoms with Crippen LogP contribution < -0.4 is 4.74 Å². The van der Waals surface area contributed by atoms with Crippen LogP contribution in [0.5, 0.6) is 5.75 Å². The quantitative estimate of drug-likeness (QED) is 0.155. The van der Waals surface area contributed by atoms with Crippen LogP contribution in [0.3, 0.4) is 0 Å². The summed E-state index contributed by atoms with van der Waals surface area (Å²) < 4.78 is 12.4. The van der Waals surface area contributed by atoms with Crippen LogP contribution in [0.1, 0.15) is 29.7 Å². The van der Waals surface area contributed by atoms with Gasteiger partial charge in [0.1, 0.15) is 16.7 Å². The van der Waals surface area contributed by atoms with Crippen molar-refractivity contribution in [3.8, 4) is 5.75 Å². The van der Waals surface area contributed by atoms with Gasteiger partial charge in [-0.3, -0.25) is 9.69 Å². The molecule has 1 saturated heterocycles. The Kier molecular flexibility index (Phi) is 8.85. The Morgan fingerprint density at radius 2 is 1.86 bits per heavy atom. The van der Waals surface area contributed by atoms with E-state index in [9.17, 15) is 9.59 Å². The second kappa shape index (κ2) is 12.1. The van der Waals surface area contributed by atoms with Crippen LogP contribution in [-0.2, 0) is 20.9 Å². The van der Waals surface area contributed by atoms with Gasteiger partial charge in [0.15, 0.2) is 6.04 Å². The highest BCUT2D eigenvalue weighted by Gasteiger charge is 2.42. The average molecular weight is 603 g/mol. The largest absolute Gasteiger partial charge is 0.488 e. The van der Waals surface area contributed by atoms with Crippen molar-refractivity contribution in [3.63, 3.8) is 0 Å². The van der Waals surface area contributed by atoms with Gasteiger partial charge in [-0.2, -0.15) is 0 Å². The Hall–Kier alpha value is -2.65. The molecular weight excluding hydrogens is 582 g/mol. The number of carbonyl (C=O) groups excluding carboxylic acids is 2. The standard InChI is InChI=1S/C27H21BrClNO4S2/c1-2-33-26(32)24(17-8-4-3-5-9-17)30-25(31)23(36-27(30)35)15-19-14-20(28)12-13-22(19)34-16-18-10-6-7-11-21(18)29/h3-15,24H,2,16H2,1H3/b23-15+. The first-order chi connectivity index (χ1) is 17.4. The Balaban J connectivity index is 1.65. The second-order valence-corrected chi connectivity index (χ2v) is 10.7. The van der Waals surface area contributed by atoms with Crippen LogP contribution in [0, 0.1) is 0 Å². The molecule has 5 nitrogen and oxygen atoms in total. The van der Waals surface area contributed by atoms with Gasteiger partial charge < -0.3 is 9.47 Å². The molecule has 3 aromatic rings. The monoisotopic (exact) mass is 601 g/mol. The summed E-state index contributed by atoms with van der Waals surface area (Å²) in [6, 6.07) is 21.0. The van der Waals surface area contributed by atoms with E-state index in [1.54, 1.807) is 43.3 Å². The molecule has 1 heterocycles. The zero-order valence-corrected chi connectivity index (χ0v) is 23.1. The van der Waals surface area contributed by atoms with Gasteiger partial charge in [-0.25, -0.2) is 4.79 Å². The van der Waals surface area contributed by atoms with Crippen LogP contribution in [-0.4, -0.2) is 27.7 Å². The SMILES string of the molecule is CCOC(=O)C(c1ccccc1)N1C(=O)/C(=C\c2cc(Br)ccc2OCc2ccccc2Cl)SC1=S. The van der Waals surface area contributed by atoms with E-state index in [2.05, 4.69) is 15.9 Å². The average Bonchev–Trinajstić information content (AvgIpc) is 3.13. The van der Waals surface area contributed by atoms with Crippen molar-refractivity contribution >= 4 is 73.8 Å². The van der Waals surface area contributed by atoms with E-state index in [4.69, 9.17) is 33.3 Å². The van der Waals surface area contributed by atoms with Crippen molar-refractivity contribution in [1.82, 2.24) is 4.90 Å². The molecule has 1 amide bonds. The molecule has 36 heavy (non-hydrogen) atoms. The van der Waals surface area contributed by atoms with Crippen LogP contribution >= 0.6 is 51.5 Å². The summed E-state index contributed by atoms with van der Waals surface area (Å²) in [4.78, 5) is 28.1. The highest BCUT2D eigenvalue weighted by atomic mass is 79.9. The van der Waals surface area contributed by atoms with Crippen molar-refractivity contribution in [2.75, 3.05) is 6.61 Å². The second-order valence-electron chi connectivity index (χ2n) is 7.68. The number of rotatable bonds is 8. The molecule has 1 atom stereocenters. The van der Waals surface area contributed by atoms with Crippen molar-refractivity contribution in [2.45, 2.75) is 19.6 Å². The van der Waals surface area contributed by atoms with Crippen LogP contribution in [0.15, 0.2) is 82.2 Å². The molecule has 0 radical (unpaired) electrons. The van der Waals surface area contributed by atoms with Crippen molar-refractivity contribution in [1.29, 1.82) is 0 Å². The number of hydrogen-bond donors (Lipinski definition) is 0. The molecule has 4 rings (SSSR count). The highest BCUT2D eigenvalue weighted by molar-refractivity contribution is 9.10. The molecule has 0 aliphatic carbocycles. The van der Waals surface area contributed by atoms with Crippen molar-refractivity contribution in [3.05, 3.63) is 104 Å². The van der Waals surface area contributed by atoms with Gasteiger partial charge in [0, 0.05) is 20.6 Å². The number of benzene rings is 3. The molecule has 1 fully saturated rings. The molecule has 184 valence electrons. The number of carbonyl (C=O) groups is 2. The third-order valence-electron chi connectivity index (χ3n) is 5.31. The predicted octanol–water partition coefficient (Wildman–Crippen LogP) is 7.19.